The lowest BCUT2D eigenvalue weighted by Gasteiger charge is -2.10. The molecule has 2 amide bonds. The van der Waals surface area contributed by atoms with Gasteiger partial charge in [0.1, 0.15) is 6.54 Å². The minimum absolute atomic E-state index is 0.217. The van der Waals surface area contributed by atoms with E-state index in [9.17, 15) is 9.59 Å². The van der Waals surface area contributed by atoms with Crippen LogP contribution >= 0.6 is 0 Å². The van der Waals surface area contributed by atoms with E-state index >= 15 is 0 Å². The van der Waals surface area contributed by atoms with Crippen molar-refractivity contribution in [3.8, 4) is 0 Å². The van der Waals surface area contributed by atoms with E-state index in [4.69, 9.17) is 5.11 Å². The Balaban J connectivity index is 1.74. The molecule has 7 nitrogen and oxygen atoms in total. The summed E-state index contributed by atoms with van der Waals surface area (Å²) in [5.74, 6) is -0.388. The molecule has 1 fully saturated rings. The molecule has 0 saturated heterocycles. The van der Waals surface area contributed by atoms with Gasteiger partial charge in [0.05, 0.1) is 11.9 Å². The van der Waals surface area contributed by atoms with Crippen molar-refractivity contribution in [2.24, 2.45) is 5.92 Å². The van der Waals surface area contributed by atoms with Crippen LogP contribution in [-0.4, -0.2) is 33.4 Å². The number of urea groups is 1. The fourth-order valence-corrected chi connectivity index (χ4v) is 2.28. The van der Waals surface area contributed by atoms with Gasteiger partial charge in [0.25, 0.3) is 0 Å². The Hall–Kier alpha value is -2.05. The number of aliphatic carboxylic acids is 1. The molecule has 0 aliphatic heterocycles. The number of anilines is 1. The summed E-state index contributed by atoms with van der Waals surface area (Å²) in [6, 6.07) is -0.276. The van der Waals surface area contributed by atoms with Crippen molar-refractivity contribution in [3.05, 3.63) is 12.4 Å². The zero-order valence-corrected chi connectivity index (χ0v) is 10.6. The van der Waals surface area contributed by atoms with Gasteiger partial charge in [-0.3, -0.25) is 9.48 Å². The highest BCUT2D eigenvalue weighted by molar-refractivity contribution is 5.88. The fraction of sp³-hybridized carbons (Fsp3) is 0.583. The second kappa shape index (κ2) is 6.21. The number of carbonyl (C=O) groups excluding carboxylic acids is 1. The van der Waals surface area contributed by atoms with Crippen LogP contribution in [0.4, 0.5) is 10.5 Å². The molecular weight excluding hydrogens is 248 g/mol. The first-order chi connectivity index (χ1) is 9.13. The summed E-state index contributed by atoms with van der Waals surface area (Å²) in [5.41, 5.74) is 0.491. The van der Waals surface area contributed by atoms with Gasteiger partial charge in [-0.15, -0.1) is 0 Å². The predicted octanol–water partition coefficient (Wildman–Crippen LogP) is 1.28. The van der Waals surface area contributed by atoms with Crippen LogP contribution in [0.1, 0.15) is 25.7 Å². The number of hydrogen-bond acceptors (Lipinski definition) is 3. The van der Waals surface area contributed by atoms with Crippen LogP contribution in [0.15, 0.2) is 12.4 Å². The molecule has 1 aromatic rings. The zero-order valence-electron chi connectivity index (χ0n) is 10.6. The van der Waals surface area contributed by atoms with Gasteiger partial charge < -0.3 is 15.7 Å². The van der Waals surface area contributed by atoms with E-state index in [1.165, 1.54) is 42.8 Å². The highest BCUT2D eigenvalue weighted by Crippen LogP contribution is 2.23. The smallest absolute Gasteiger partial charge is 0.325 e. The molecule has 7 heteroatoms. The second-order valence-corrected chi connectivity index (χ2v) is 4.81. The number of amides is 2. The maximum atomic E-state index is 11.6. The Morgan fingerprint density at radius 2 is 2.16 bits per heavy atom. The van der Waals surface area contributed by atoms with E-state index in [0.717, 1.165) is 0 Å². The molecule has 1 heterocycles. The molecule has 104 valence electrons. The molecule has 0 unspecified atom stereocenters. The predicted molar refractivity (Wildman–Crippen MR) is 68.8 cm³/mol. The molecule has 0 bridgehead atoms. The largest absolute Gasteiger partial charge is 0.480 e. The van der Waals surface area contributed by atoms with Crippen LogP contribution in [0.3, 0.4) is 0 Å². The first kappa shape index (κ1) is 13.4. The lowest BCUT2D eigenvalue weighted by molar-refractivity contribution is -0.137. The van der Waals surface area contributed by atoms with Gasteiger partial charge >= 0.3 is 12.0 Å². The maximum Gasteiger partial charge on any atom is 0.325 e. The lowest BCUT2D eigenvalue weighted by Crippen LogP contribution is -2.32. The van der Waals surface area contributed by atoms with Crippen molar-refractivity contribution in [1.29, 1.82) is 0 Å². The quantitative estimate of drug-likeness (QED) is 0.748. The number of hydrogen-bond donors (Lipinski definition) is 3. The van der Waals surface area contributed by atoms with Crippen molar-refractivity contribution in [1.82, 2.24) is 15.1 Å². The molecule has 3 N–H and O–H groups in total. The van der Waals surface area contributed by atoms with Crippen molar-refractivity contribution < 1.29 is 14.7 Å². The van der Waals surface area contributed by atoms with Crippen LogP contribution < -0.4 is 10.6 Å². The van der Waals surface area contributed by atoms with Crippen molar-refractivity contribution in [2.45, 2.75) is 32.2 Å². The van der Waals surface area contributed by atoms with E-state index in [1.54, 1.807) is 0 Å². The molecule has 0 spiro atoms. The summed E-state index contributed by atoms with van der Waals surface area (Å²) in [6.45, 7) is 0.473. The van der Waals surface area contributed by atoms with Gasteiger partial charge in [-0.25, -0.2) is 4.79 Å². The third-order valence-electron chi connectivity index (χ3n) is 3.21. The van der Waals surface area contributed by atoms with Crippen LogP contribution in [0.25, 0.3) is 0 Å². The molecule has 19 heavy (non-hydrogen) atoms. The Bertz CT molecular complexity index is 452. The zero-order chi connectivity index (χ0) is 13.7. The summed E-state index contributed by atoms with van der Waals surface area (Å²) in [4.78, 5) is 22.1. The first-order valence-corrected chi connectivity index (χ1v) is 6.42. The standard InChI is InChI=1S/C12H18N4O3/c17-11(18)8-16-7-10(6-14-16)15-12(19)13-5-9-3-1-2-4-9/h6-7,9H,1-5,8H2,(H,17,18)(H2,13,15,19). The van der Waals surface area contributed by atoms with Crippen LogP contribution in [0, 0.1) is 5.92 Å². The molecule has 1 aromatic heterocycles. The Morgan fingerprint density at radius 3 is 2.84 bits per heavy atom. The summed E-state index contributed by atoms with van der Waals surface area (Å²) in [7, 11) is 0. The van der Waals surface area contributed by atoms with Gasteiger partial charge in [0.15, 0.2) is 0 Å². The Labute approximate surface area is 111 Å². The van der Waals surface area contributed by atoms with E-state index in [0.29, 0.717) is 18.2 Å². The van der Waals surface area contributed by atoms with Crippen LogP contribution in [-0.2, 0) is 11.3 Å². The highest BCUT2D eigenvalue weighted by Gasteiger charge is 2.15. The molecule has 1 aliphatic carbocycles. The van der Waals surface area contributed by atoms with E-state index in [1.807, 2.05) is 0 Å². The molecule has 0 atom stereocenters. The van der Waals surface area contributed by atoms with Crippen molar-refractivity contribution in [2.75, 3.05) is 11.9 Å². The van der Waals surface area contributed by atoms with Crippen molar-refractivity contribution in [3.63, 3.8) is 0 Å². The summed E-state index contributed by atoms with van der Waals surface area (Å²) in [6.07, 6.45) is 7.76. The Kier molecular flexibility index (Phi) is 4.38. The molecular formula is C12H18N4O3. The SMILES string of the molecule is O=C(O)Cn1cc(NC(=O)NCC2CCCC2)cn1. The number of rotatable bonds is 5. The van der Waals surface area contributed by atoms with Gasteiger partial charge in [0, 0.05) is 12.7 Å². The average molecular weight is 266 g/mol. The van der Waals surface area contributed by atoms with Crippen molar-refractivity contribution >= 4 is 17.7 Å². The fourth-order valence-electron chi connectivity index (χ4n) is 2.28. The highest BCUT2D eigenvalue weighted by atomic mass is 16.4. The summed E-state index contributed by atoms with van der Waals surface area (Å²) >= 11 is 0. The number of carbonyl (C=O) groups is 2. The second-order valence-electron chi connectivity index (χ2n) is 4.81. The molecule has 0 aromatic carbocycles. The summed E-state index contributed by atoms with van der Waals surface area (Å²) < 4.78 is 1.26. The maximum absolute atomic E-state index is 11.6. The first-order valence-electron chi connectivity index (χ1n) is 6.42. The average Bonchev–Trinajstić information content (AvgIpc) is 2.97. The number of aromatic nitrogens is 2. The molecule has 2 rings (SSSR count). The normalized spacial score (nSPS) is 15.4. The van der Waals surface area contributed by atoms with Crippen LogP contribution in [0.2, 0.25) is 0 Å². The lowest BCUT2D eigenvalue weighted by atomic mass is 10.1. The van der Waals surface area contributed by atoms with Gasteiger partial charge in [-0.2, -0.15) is 5.10 Å². The minimum atomic E-state index is -0.972. The third kappa shape index (κ3) is 4.27. The Morgan fingerprint density at radius 1 is 1.42 bits per heavy atom. The number of nitrogens with one attached hydrogen (secondary N) is 2. The molecule has 1 aliphatic rings. The van der Waals surface area contributed by atoms with Gasteiger partial charge in [-0.05, 0) is 18.8 Å². The van der Waals surface area contributed by atoms with Gasteiger partial charge in [0.2, 0.25) is 0 Å². The number of nitrogens with zero attached hydrogens (tertiary/aromatic N) is 2. The molecule has 1 saturated carbocycles. The van der Waals surface area contributed by atoms with E-state index < -0.39 is 5.97 Å². The minimum Gasteiger partial charge on any atom is -0.480 e. The monoisotopic (exact) mass is 266 g/mol. The summed E-state index contributed by atoms with van der Waals surface area (Å²) in [5, 5.41) is 17.9. The van der Waals surface area contributed by atoms with Gasteiger partial charge in [-0.1, -0.05) is 12.8 Å². The number of carboxylic acid groups (broad SMARTS) is 1. The van der Waals surface area contributed by atoms with E-state index in [-0.39, 0.29) is 12.6 Å². The third-order valence-corrected chi connectivity index (χ3v) is 3.21. The number of carboxylic acids is 1. The van der Waals surface area contributed by atoms with E-state index in [2.05, 4.69) is 15.7 Å². The topological polar surface area (TPSA) is 96.2 Å². The van der Waals surface area contributed by atoms with Crippen LogP contribution in [0.5, 0.6) is 0 Å². The molecule has 0 radical (unpaired) electrons.